The van der Waals surface area contributed by atoms with E-state index in [1.54, 1.807) is 19.2 Å². The van der Waals surface area contributed by atoms with Crippen molar-refractivity contribution in [2.24, 2.45) is 11.7 Å². The van der Waals surface area contributed by atoms with Crippen molar-refractivity contribution in [1.29, 1.82) is 5.26 Å². The molecule has 26 heavy (non-hydrogen) atoms. The maximum absolute atomic E-state index is 12.8. The minimum atomic E-state index is -0.624. The van der Waals surface area contributed by atoms with E-state index in [1.807, 2.05) is 6.92 Å². The van der Waals surface area contributed by atoms with E-state index in [9.17, 15) is 10.1 Å². The molecule has 1 aromatic carbocycles. The summed E-state index contributed by atoms with van der Waals surface area (Å²) in [6.45, 7) is 1.99. The van der Waals surface area contributed by atoms with E-state index in [0.29, 0.717) is 45.7 Å². The molecule has 2 aliphatic rings. The fourth-order valence-corrected chi connectivity index (χ4v) is 4.04. The lowest BCUT2D eigenvalue weighted by molar-refractivity contribution is -0.117. The van der Waals surface area contributed by atoms with Crippen molar-refractivity contribution in [3.05, 3.63) is 45.0 Å². The first-order chi connectivity index (χ1) is 12.4. The van der Waals surface area contributed by atoms with Gasteiger partial charge in [-0.05, 0) is 27.9 Å². The van der Waals surface area contributed by atoms with Crippen molar-refractivity contribution in [3.63, 3.8) is 0 Å². The molecule has 1 aliphatic carbocycles. The van der Waals surface area contributed by atoms with Gasteiger partial charge in [0.25, 0.3) is 0 Å². The Hall–Kier alpha value is -2.46. The SMILES string of the molecule is COc1cc(OC)c([C@H]2C(C#N)=C(N)OC3=C2C(=O)C[C@H](C)C3)cc1Br. The number of ether oxygens (including phenoxy) is 3. The van der Waals surface area contributed by atoms with Crippen LogP contribution in [-0.2, 0) is 9.53 Å². The Morgan fingerprint density at radius 1 is 1.27 bits per heavy atom. The predicted octanol–water partition coefficient (Wildman–Crippen LogP) is 3.53. The number of carbonyl (C=O) groups is 1. The van der Waals surface area contributed by atoms with Gasteiger partial charge in [-0.3, -0.25) is 4.79 Å². The standard InChI is InChI=1S/C19H19BrN2O4/c1-9-4-13(23)18-16(5-9)26-19(22)11(8-21)17(18)10-6-12(20)15(25-3)7-14(10)24-2/h6-7,9,17H,4-5,22H2,1-3H3/t9-,17-/m0/s1. The van der Waals surface area contributed by atoms with Gasteiger partial charge in [-0.25, -0.2) is 0 Å². The lowest BCUT2D eigenvalue weighted by Crippen LogP contribution is -2.30. The van der Waals surface area contributed by atoms with Crippen LogP contribution in [-0.4, -0.2) is 20.0 Å². The Morgan fingerprint density at radius 2 is 1.96 bits per heavy atom. The molecule has 2 atom stereocenters. The fourth-order valence-electron chi connectivity index (χ4n) is 3.51. The number of nitriles is 1. The summed E-state index contributed by atoms with van der Waals surface area (Å²) in [6.07, 6.45) is 1.02. The average Bonchev–Trinajstić information content (AvgIpc) is 2.60. The maximum Gasteiger partial charge on any atom is 0.205 e. The molecule has 136 valence electrons. The summed E-state index contributed by atoms with van der Waals surface area (Å²) >= 11 is 3.46. The van der Waals surface area contributed by atoms with Crippen LogP contribution >= 0.6 is 15.9 Å². The Labute approximate surface area is 160 Å². The number of rotatable bonds is 3. The Morgan fingerprint density at radius 3 is 2.58 bits per heavy atom. The Kier molecular flexibility index (Phi) is 4.97. The van der Waals surface area contributed by atoms with E-state index in [1.165, 1.54) is 7.11 Å². The number of halogens is 1. The van der Waals surface area contributed by atoms with Crippen molar-refractivity contribution >= 4 is 21.7 Å². The number of hydrogen-bond acceptors (Lipinski definition) is 6. The molecule has 0 aromatic heterocycles. The number of carbonyl (C=O) groups excluding carboxylic acids is 1. The van der Waals surface area contributed by atoms with E-state index < -0.39 is 5.92 Å². The molecule has 1 heterocycles. The summed E-state index contributed by atoms with van der Waals surface area (Å²) in [6, 6.07) is 5.63. The van der Waals surface area contributed by atoms with Crippen molar-refractivity contribution in [3.8, 4) is 17.6 Å². The first-order valence-corrected chi connectivity index (χ1v) is 8.95. The van der Waals surface area contributed by atoms with Gasteiger partial charge in [0.05, 0.1) is 24.6 Å². The van der Waals surface area contributed by atoms with Crippen molar-refractivity contribution in [1.82, 2.24) is 0 Å². The molecule has 0 spiro atoms. The zero-order chi connectivity index (χ0) is 19.0. The summed E-state index contributed by atoms with van der Waals surface area (Å²) in [5.74, 6) is 1.19. The van der Waals surface area contributed by atoms with Crippen LogP contribution in [0.3, 0.4) is 0 Å². The number of Topliss-reactive ketones (excluding diaryl/α,β-unsaturated/α-hetero) is 1. The highest BCUT2D eigenvalue weighted by Gasteiger charge is 2.41. The maximum atomic E-state index is 12.8. The second kappa shape index (κ2) is 7.04. The summed E-state index contributed by atoms with van der Waals surface area (Å²) in [7, 11) is 3.09. The van der Waals surface area contributed by atoms with Crippen molar-refractivity contribution in [2.45, 2.75) is 25.7 Å². The minimum absolute atomic E-state index is 0.0296. The van der Waals surface area contributed by atoms with Crippen LogP contribution in [0.4, 0.5) is 0 Å². The van der Waals surface area contributed by atoms with Gasteiger partial charge in [-0.2, -0.15) is 5.26 Å². The quantitative estimate of drug-likeness (QED) is 0.806. The lowest BCUT2D eigenvalue weighted by atomic mass is 9.75. The van der Waals surface area contributed by atoms with Gasteiger partial charge in [0.2, 0.25) is 5.88 Å². The molecular weight excluding hydrogens is 400 g/mol. The summed E-state index contributed by atoms with van der Waals surface area (Å²) in [4.78, 5) is 12.8. The van der Waals surface area contributed by atoms with Gasteiger partial charge in [-0.1, -0.05) is 6.92 Å². The molecule has 3 rings (SSSR count). The largest absolute Gasteiger partial charge is 0.496 e. The number of nitrogens with zero attached hydrogens (tertiary/aromatic N) is 1. The van der Waals surface area contributed by atoms with E-state index in [4.69, 9.17) is 19.9 Å². The number of benzene rings is 1. The van der Waals surface area contributed by atoms with E-state index >= 15 is 0 Å². The number of allylic oxidation sites excluding steroid dienone is 3. The van der Waals surface area contributed by atoms with Crippen LogP contribution < -0.4 is 15.2 Å². The van der Waals surface area contributed by atoms with Gasteiger partial charge in [0, 0.05) is 30.0 Å². The molecule has 0 radical (unpaired) electrons. The number of methoxy groups -OCH3 is 2. The number of hydrogen-bond donors (Lipinski definition) is 1. The monoisotopic (exact) mass is 418 g/mol. The molecule has 6 nitrogen and oxygen atoms in total. The third-order valence-electron chi connectivity index (χ3n) is 4.68. The molecule has 7 heteroatoms. The number of nitrogens with two attached hydrogens (primary N) is 1. The van der Waals surface area contributed by atoms with Gasteiger partial charge in [0.15, 0.2) is 5.78 Å². The fraction of sp³-hybridized carbons (Fsp3) is 0.368. The van der Waals surface area contributed by atoms with Crippen molar-refractivity contribution in [2.75, 3.05) is 14.2 Å². The molecular formula is C19H19BrN2O4. The van der Waals surface area contributed by atoms with Crippen LogP contribution in [0.1, 0.15) is 31.2 Å². The van der Waals surface area contributed by atoms with Crippen LogP contribution in [0.2, 0.25) is 0 Å². The molecule has 0 unspecified atom stereocenters. The Bertz CT molecular complexity index is 882. The van der Waals surface area contributed by atoms with Crippen molar-refractivity contribution < 1.29 is 19.0 Å². The van der Waals surface area contributed by atoms with Gasteiger partial charge >= 0.3 is 0 Å². The zero-order valence-electron chi connectivity index (χ0n) is 14.8. The molecule has 0 bridgehead atoms. The summed E-state index contributed by atoms with van der Waals surface area (Å²) in [5.41, 5.74) is 7.38. The second-order valence-corrected chi connectivity index (χ2v) is 7.28. The third kappa shape index (κ3) is 2.95. The normalized spacial score (nSPS) is 22.5. The van der Waals surface area contributed by atoms with Crippen LogP contribution in [0, 0.1) is 17.2 Å². The first-order valence-electron chi connectivity index (χ1n) is 8.16. The number of ketones is 1. The topological polar surface area (TPSA) is 94.6 Å². The van der Waals surface area contributed by atoms with Crippen LogP contribution in [0.15, 0.2) is 39.4 Å². The van der Waals surface area contributed by atoms with Gasteiger partial charge in [-0.15, -0.1) is 0 Å². The Balaban J connectivity index is 2.26. The highest BCUT2D eigenvalue weighted by Crippen LogP contribution is 2.48. The average molecular weight is 419 g/mol. The highest BCUT2D eigenvalue weighted by atomic mass is 79.9. The van der Waals surface area contributed by atoms with Gasteiger partial charge in [0.1, 0.15) is 28.9 Å². The molecule has 1 aliphatic heterocycles. The first kappa shape index (κ1) is 18.3. The predicted molar refractivity (Wildman–Crippen MR) is 98.3 cm³/mol. The summed E-state index contributed by atoms with van der Waals surface area (Å²) < 4.78 is 17.2. The molecule has 0 fully saturated rings. The van der Waals surface area contributed by atoms with E-state index in [2.05, 4.69) is 22.0 Å². The lowest BCUT2D eigenvalue weighted by Gasteiger charge is -2.33. The van der Waals surface area contributed by atoms with Gasteiger partial charge < -0.3 is 19.9 Å². The second-order valence-electron chi connectivity index (χ2n) is 6.43. The minimum Gasteiger partial charge on any atom is -0.496 e. The molecule has 1 aromatic rings. The molecule has 2 N–H and O–H groups in total. The zero-order valence-corrected chi connectivity index (χ0v) is 16.3. The van der Waals surface area contributed by atoms with Crippen LogP contribution in [0.25, 0.3) is 0 Å². The van der Waals surface area contributed by atoms with E-state index in [-0.39, 0.29) is 23.2 Å². The molecule has 0 amide bonds. The third-order valence-corrected chi connectivity index (χ3v) is 5.30. The van der Waals surface area contributed by atoms with E-state index in [0.717, 1.165) is 0 Å². The van der Waals surface area contributed by atoms with Crippen LogP contribution in [0.5, 0.6) is 11.5 Å². The smallest absolute Gasteiger partial charge is 0.205 e. The highest BCUT2D eigenvalue weighted by molar-refractivity contribution is 9.10. The summed E-state index contributed by atoms with van der Waals surface area (Å²) in [5, 5.41) is 9.68. The molecule has 0 saturated carbocycles. The molecule has 0 saturated heterocycles.